The Balaban J connectivity index is 1.68. The van der Waals surface area contributed by atoms with Crippen molar-refractivity contribution < 1.29 is 27.5 Å². The number of alkyl halides is 3. The first kappa shape index (κ1) is 25.5. The van der Waals surface area contributed by atoms with E-state index in [0.29, 0.717) is 19.0 Å². The Bertz CT molecular complexity index is 998. The van der Waals surface area contributed by atoms with Crippen LogP contribution in [0.1, 0.15) is 66.4 Å². The van der Waals surface area contributed by atoms with Crippen LogP contribution in [0.3, 0.4) is 0 Å². The molecule has 184 valence electrons. The number of hydrogen-bond acceptors (Lipinski definition) is 6. The van der Waals surface area contributed by atoms with Crippen molar-refractivity contribution >= 4 is 17.7 Å². The van der Waals surface area contributed by atoms with Crippen LogP contribution in [0.25, 0.3) is 0 Å². The number of rotatable bonds is 7. The van der Waals surface area contributed by atoms with Crippen molar-refractivity contribution in [1.82, 2.24) is 15.1 Å². The van der Waals surface area contributed by atoms with E-state index in [1.165, 1.54) is 23.1 Å². The van der Waals surface area contributed by atoms with Gasteiger partial charge in [0.15, 0.2) is 11.5 Å². The van der Waals surface area contributed by atoms with Gasteiger partial charge in [0, 0.05) is 25.2 Å². The molecule has 0 aliphatic carbocycles. The van der Waals surface area contributed by atoms with Gasteiger partial charge >= 0.3 is 12.1 Å². The Morgan fingerprint density at radius 2 is 1.76 bits per heavy atom. The highest BCUT2D eigenvalue weighted by Crippen LogP contribution is 2.33. The van der Waals surface area contributed by atoms with Crippen LogP contribution in [0.5, 0.6) is 0 Å². The quantitative estimate of drug-likeness (QED) is 0.428. The van der Waals surface area contributed by atoms with Gasteiger partial charge in [-0.1, -0.05) is 31.9 Å². The molecular formula is C24H29F3N4O3. The second-order valence-corrected chi connectivity index (χ2v) is 8.47. The molecule has 2 atom stereocenters. The summed E-state index contributed by atoms with van der Waals surface area (Å²) in [4.78, 5) is 28.5. The number of amides is 1. The smallest absolute Gasteiger partial charge is 0.417 e. The molecule has 7 nitrogen and oxygen atoms in total. The van der Waals surface area contributed by atoms with Crippen LogP contribution in [-0.2, 0) is 10.9 Å². The summed E-state index contributed by atoms with van der Waals surface area (Å²) >= 11 is 0. The number of hydrogen-bond donors (Lipinski definition) is 0. The lowest BCUT2D eigenvalue weighted by molar-refractivity contribution is -0.138. The van der Waals surface area contributed by atoms with Gasteiger partial charge in [0.1, 0.15) is 0 Å². The molecule has 1 amide bonds. The Hall–Kier alpha value is -3.17. The third kappa shape index (κ3) is 5.84. The van der Waals surface area contributed by atoms with Gasteiger partial charge in [-0.15, -0.1) is 10.2 Å². The number of anilines is 1. The number of aromatic nitrogens is 2. The molecular weight excluding hydrogens is 449 g/mol. The van der Waals surface area contributed by atoms with Crippen LogP contribution in [0.15, 0.2) is 36.4 Å². The SMILES string of the molecule is CCCCCOC(=O)c1ccc(N2CC(C)N(C(=O)c3ccccc3C(F)(F)F)CC2C)nn1. The fraction of sp³-hybridized carbons (Fsp3) is 0.500. The van der Waals surface area contributed by atoms with E-state index in [2.05, 4.69) is 17.1 Å². The fourth-order valence-corrected chi connectivity index (χ4v) is 3.98. The Morgan fingerprint density at radius 3 is 2.41 bits per heavy atom. The van der Waals surface area contributed by atoms with Crippen LogP contribution < -0.4 is 4.90 Å². The second kappa shape index (κ2) is 10.8. The normalized spacial score (nSPS) is 18.6. The van der Waals surface area contributed by atoms with E-state index in [0.717, 1.165) is 25.3 Å². The van der Waals surface area contributed by atoms with Crippen LogP contribution in [-0.4, -0.2) is 58.8 Å². The van der Waals surface area contributed by atoms with Crippen LogP contribution in [0, 0.1) is 0 Å². The zero-order chi connectivity index (χ0) is 24.9. The minimum Gasteiger partial charge on any atom is -0.461 e. The van der Waals surface area contributed by atoms with Crippen LogP contribution in [0.4, 0.5) is 19.0 Å². The number of nitrogens with zero attached hydrogens (tertiary/aromatic N) is 4. The summed E-state index contributed by atoms with van der Waals surface area (Å²) in [5, 5.41) is 8.13. The molecule has 0 radical (unpaired) electrons. The molecule has 1 aliphatic heterocycles. The molecule has 2 aromatic rings. The molecule has 1 saturated heterocycles. The molecule has 0 saturated carbocycles. The summed E-state index contributed by atoms with van der Waals surface area (Å²) in [6.07, 6.45) is -1.82. The van der Waals surface area contributed by atoms with Crippen molar-refractivity contribution in [2.45, 2.75) is 58.3 Å². The van der Waals surface area contributed by atoms with E-state index in [-0.39, 0.29) is 29.9 Å². The molecule has 1 fully saturated rings. The minimum absolute atomic E-state index is 0.110. The summed E-state index contributed by atoms with van der Waals surface area (Å²) in [7, 11) is 0. The molecule has 2 unspecified atom stereocenters. The fourth-order valence-electron chi connectivity index (χ4n) is 3.98. The monoisotopic (exact) mass is 478 g/mol. The summed E-state index contributed by atoms with van der Waals surface area (Å²) in [6, 6.07) is 7.44. The predicted molar refractivity (Wildman–Crippen MR) is 121 cm³/mol. The number of unbranched alkanes of at least 4 members (excludes halogenated alkanes) is 2. The predicted octanol–water partition coefficient (Wildman–Crippen LogP) is 4.58. The lowest BCUT2D eigenvalue weighted by atomic mass is 10.0. The van der Waals surface area contributed by atoms with E-state index in [1.54, 1.807) is 19.1 Å². The van der Waals surface area contributed by atoms with E-state index in [1.807, 2.05) is 11.8 Å². The zero-order valence-corrected chi connectivity index (χ0v) is 19.5. The summed E-state index contributed by atoms with van der Waals surface area (Å²) in [6.45, 7) is 6.61. The van der Waals surface area contributed by atoms with Gasteiger partial charge in [0.05, 0.1) is 17.7 Å². The van der Waals surface area contributed by atoms with Crippen LogP contribution >= 0.6 is 0 Å². The van der Waals surface area contributed by atoms with Gasteiger partial charge in [-0.3, -0.25) is 4.79 Å². The number of carbonyl (C=O) groups is 2. The molecule has 0 N–H and O–H groups in total. The summed E-state index contributed by atoms with van der Waals surface area (Å²) in [5.74, 6) is -0.667. The third-order valence-corrected chi connectivity index (χ3v) is 5.84. The summed E-state index contributed by atoms with van der Waals surface area (Å²) in [5.41, 5.74) is -1.19. The minimum atomic E-state index is -4.61. The van der Waals surface area contributed by atoms with E-state index in [9.17, 15) is 22.8 Å². The highest BCUT2D eigenvalue weighted by atomic mass is 19.4. The molecule has 34 heavy (non-hydrogen) atoms. The average Bonchev–Trinajstić information content (AvgIpc) is 2.82. The highest BCUT2D eigenvalue weighted by molar-refractivity contribution is 5.96. The van der Waals surface area contributed by atoms with E-state index in [4.69, 9.17) is 4.74 Å². The maximum absolute atomic E-state index is 13.4. The van der Waals surface area contributed by atoms with Gasteiger partial charge in [0.2, 0.25) is 0 Å². The lowest BCUT2D eigenvalue weighted by Gasteiger charge is -2.44. The molecule has 1 aromatic carbocycles. The van der Waals surface area contributed by atoms with E-state index < -0.39 is 23.6 Å². The molecule has 1 aliphatic rings. The zero-order valence-electron chi connectivity index (χ0n) is 19.5. The standard InChI is InChI=1S/C24H29F3N4O3/c1-4-5-8-13-34-23(33)20-11-12-21(29-28-20)30-14-17(3)31(15-16(30)2)22(32)18-9-6-7-10-19(18)24(25,26)27/h6-7,9-12,16-17H,4-5,8,13-15H2,1-3H3. The first-order chi connectivity index (χ1) is 16.1. The van der Waals surface area contributed by atoms with Gasteiger partial charge in [-0.2, -0.15) is 13.2 Å². The third-order valence-electron chi connectivity index (χ3n) is 5.84. The number of esters is 1. The first-order valence-corrected chi connectivity index (χ1v) is 11.4. The molecule has 2 heterocycles. The highest BCUT2D eigenvalue weighted by Gasteiger charge is 2.39. The average molecular weight is 479 g/mol. The van der Waals surface area contributed by atoms with Crippen molar-refractivity contribution in [3.8, 4) is 0 Å². The number of carbonyl (C=O) groups excluding carboxylic acids is 2. The molecule has 0 spiro atoms. The molecule has 3 rings (SSSR count). The van der Waals surface area contributed by atoms with E-state index >= 15 is 0 Å². The summed E-state index contributed by atoms with van der Waals surface area (Å²) < 4.78 is 45.4. The second-order valence-electron chi connectivity index (χ2n) is 8.47. The van der Waals surface area contributed by atoms with Crippen LogP contribution in [0.2, 0.25) is 0 Å². The van der Waals surface area contributed by atoms with Crippen molar-refractivity contribution in [3.63, 3.8) is 0 Å². The van der Waals surface area contributed by atoms with Gasteiger partial charge in [-0.05, 0) is 44.5 Å². The first-order valence-electron chi connectivity index (χ1n) is 11.4. The van der Waals surface area contributed by atoms with Crippen molar-refractivity contribution in [2.24, 2.45) is 0 Å². The van der Waals surface area contributed by atoms with Crippen molar-refractivity contribution in [3.05, 3.63) is 53.2 Å². The van der Waals surface area contributed by atoms with Gasteiger partial charge in [-0.25, -0.2) is 4.79 Å². The number of halogens is 3. The molecule has 10 heteroatoms. The Kier molecular flexibility index (Phi) is 8.11. The number of piperazine rings is 1. The van der Waals surface area contributed by atoms with Crippen molar-refractivity contribution in [2.75, 3.05) is 24.6 Å². The number of ether oxygens (including phenoxy) is 1. The van der Waals surface area contributed by atoms with Crippen molar-refractivity contribution in [1.29, 1.82) is 0 Å². The maximum Gasteiger partial charge on any atom is 0.417 e. The lowest BCUT2D eigenvalue weighted by Crippen LogP contribution is -2.58. The molecule has 1 aromatic heterocycles. The molecule has 0 bridgehead atoms. The van der Waals surface area contributed by atoms with Gasteiger partial charge < -0.3 is 14.5 Å². The Labute approximate surface area is 196 Å². The topological polar surface area (TPSA) is 75.6 Å². The largest absolute Gasteiger partial charge is 0.461 e. The number of benzene rings is 1. The van der Waals surface area contributed by atoms with Gasteiger partial charge in [0.25, 0.3) is 5.91 Å². The maximum atomic E-state index is 13.4. The Morgan fingerprint density at radius 1 is 1.03 bits per heavy atom.